The monoisotopic (exact) mass is 299 g/mol. The average Bonchev–Trinajstić information content (AvgIpc) is 2.84. The standard InChI is InChI=1S/C12H14BrNO3/c1-6(13)5-14-11(15)9-7-2-3-8(4-7)10(9)12(16)17/h2-3,7-10H,1,4-5H2,(H,14,15)(H,16,17)/t7?,8?,9-,10+/m0/s1. The van der Waals surface area contributed by atoms with Crippen molar-refractivity contribution in [2.45, 2.75) is 6.42 Å². The largest absolute Gasteiger partial charge is 0.481 e. The van der Waals surface area contributed by atoms with Crippen LogP contribution in [0, 0.1) is 23.7 Å². The first kappa shape index (κ1) is 12.4. The molecule has 0 aromatic carbocycles. The summed E-state index contributed by atoms with van der Waals surface area (Å²) in [5, 5.41) is 11.9. The lowest BCUT2D eigenvalue weighted by Crippen LogP contribution is -2.40. The van der Waals surface area contributed by atoms with Crippen LogP contribution in [-0.2, 0) is 9.59 Å². The van der Waals surface area contributed by atoms with Crippen LogP contribution in [-0.4, -0.2) is 23.5 Å². The molecule has 2 N–H and O–H groups in total. The van der Waals surface area contributed by atoms with Gasteiger partial charge in [0.1, 0.15) is 0 Å². The van der Waals surface area contributed by atoms with Crippen molar-refractivity contribution in [1.29, 1.82) is 0 Å². The molecule has 4 nitrogen and oxygen atoms in total. The van der Waals surface area contributed by atoms with Gasteiger partial charge in [0.25, 0.3) is 0 Å². The fraction of sp³-hybridized carbons (Fsp3) is 0.500. The summed E-state index contributed by atoms with van der Waals surface area (Å²) in [4.78, 5) is 23.2. The number of fused-ring (bicyclic) bond motifs is 2. The van der Waals surface area contributed by atoms with E-state index in [0.29, 0.717) is 11.0 Å². The van der Waals surface area contributed by atoms with Gasteiger partial charge in [0.05, 0.1) is 11.8 Å². The van der Waals surface area contributed by atoms with Crippen LogP contribution in [0.2, 0.25) is 0 Å². The third kappa shape index (κ3) is 2.29. The Morgan fingerprint density at radius 3 is 2.47 bits per heavy atom. The van der Waals surface area contributed by atoms with Gasteiger partial charge in [-0.15, -0.1) is 0 Å². The van der Waals surface area contributed by atoms with E-state index >= 15 is 0 Å². The molecule has 0 saturated heterocycles. The molecular formula is C12H14BrNO3. The van der Waals surface area contributed by atoms with Crippen LogP contribution in [0.4, 0.5) is 0 Å². The number of hydrogen-bond donors (Lipinski definition) is 2. The summed E-state index contributed by atoms with van der Waals surface area (Å²) >= 11 is 3.16. The van der Waals surface area contributed by atoms with E-state index in [1.165, 1.54) is 0 Å². The highest BCUT2D eigenvalue weighted by Crippen LogP contribution is 2.48. The Labute approximate surface area is 108 Å². The molecule has 4 atom stereocenters. The summed E-state index contributed by atoms with van der Waals surface area (Å²) in [5.41, 5.74) is 0. The Bertz CT molecular complexity index is 405. The number of amides is 1. The molecule has 2 rings (SSSR count). The van der Waals surface area contributed by atoms with Gasteiger partial charge in [-0.2, -0.15) is 0 Å². The van der Waals surface area contributed by atoms with E-state index in [0.717, 1.165) is 6.42 Å². The van der Waals surface area contributed by atoms with Gasteiger partial charge in [0.2, 0.25) is 5.91 Å². The molecule has 0 heterocycles. The molecule has 2 unspecified atom stereocenters. The van der Waals surface area contributed by atoms with Gasteiger partial charge in [0, 0.05) is 11.0 Å². The molecule has 0 spiro atoms. The molecule has 2 aliphatic rings. The molecule has 0 radical (unpaired) electrons. The molecule has 92 valence electrons. The second-order valence-electron chi connectivity index (χ2n) is 4.57. The lowest BCUT2D eigenvalue weighted by molar-refractivity contribution is -0.147. The number of nitrogens with one attached hydrogen (secondary N) is 1. The zero-order valence-corrected chi connectivity index (χ0v) is 10.8. The number of hydrogen-bond acceptors (Lipinski definition) is 2. The summed E-state index contributed by atoms with van der Waals surface area (Å²) in [6.07, 6.45) is 4.68. The molecule has 2 bridgehead atoms. The van der Waals surface area contributed by atoms with Crippen LogP contribution < -0.4 is 5.32 Å². The van der Waals surface area contributed by atoms with Gasteiger partial charge >= 0.3 is 5.97 Å². The van der Waals surface area contributed by atoms with Crippen LogP contribution in [0.15, 0.2) is 23.2 Å². The van der Waals surface area contributed by atoms with Crippen molar-refractivity contribution in [3.63, 3.8) is 0 Å². The molecule has 0 aromatic rings. The predicted octanol–water partition coefficient (Wildman–Crippen LogP) is 1.53. The molecule has 1 saturated carbocycles. The number of halogens is 1. The van der Waals surface area contributed by atoms with E-state index in [2.05, 4.69) is 27.8 Å². The predicted molar refractivity (Wildman–Crippen MR) is 66.4 cm³/mol. The van der Waals surface area contributed by atoms with E-state index in [9.17, 15) is 14.7 Å². The first-order chi connectivity index (χ1) is 8.00. The highest BCUT2D eigenvalue weighted by Gasteiger charge is 2.51. The zero-order chi connectivity index (χ0) is 12.6. The summed E-state index contributed by atoms with van der Waals surface area (Å²) in [7, 11) is 0. The van der Waals surface area contributed by atoms with E-state index in [1.54, 1.807) is 0 Å². The fourth-order valence-electron chi connectivity index (χ4n) is 2.82. The maximum atomic E-state index is 12.0. The van der Waals surface area contributed by atoms with Crippen LogP contribution >= 0.6 is 15.9 Å². The van der Waals surface area contributed by atoms with Crippen LogP contribution in [0.5, 0.6) is 0 Å². The van der Waals surface area contributed by atoms with Gasteiger partial charge in [-0.1, -0.05) is 34.7 Å². The van der Waals surface area contributed by atoms with E-state index in [-0.39, 0.29) is 17.7 Å². The lowest BCUT2D eigenvalue weighted by atomic mass is 9.82. The summed E-state index contributed by atoms with van der Waals surface area (Å²) in [5.74, 6) is -1.98. The van der Waals surface area contributed by atoms with Crippen molar-refractivity contribution >= 4 is 27.8 Å². The number of carbonyl (C=O) groups excluding carboxylic acids is 1. The van der Waals surface area contributed by atoms with Crippen molar-refractivity contribution in [3.05, 3.63) is 23.2 Å². The average molecular weight is 300 g/mol. The van der Waals surface area contributed by atoms with Gasteiger partial charge < -0.3 is 10.4 Å². The van der Waals surface area contributed by atoms with Crippen LogP contribution in [0.25, 0.3) is 0 Å². The third-order valence-corrected chi connectivity index (χ3v) is 3.78. The van der Waals surface area contributed by atoms with Crippen LogP contribution in [0.1, 0.15) is 6.42 Å². The number of aliphatic carboxylic acids is 1. The van der Waals surface area contributed by atoms with E-state index in [4.69, 9.17) is 0 Å². The van der Waals surface area contributed by atoms with Gasteiger partial charge in [-0.3, -0.25) is 9.59 Å². The van der Waals surface area contributed by atoms with Crippen molar-refractivity contribution in [2.75, 3.05) is 6.54 Å². The topological polar surface area (TPSA) is 66.4 Å². The Morgan fingerprint density at radius 2 is 1.94 bits per heavy atom. The summed E-state index contributed by atoms with van der Waals surface area (Å²) in [6.45, 7) is 3.96. The van der Waals surface area contributed by atoms with Gasteiger partial charge in [-0.25, -0.2) is 0 Å². The summed E-state index contributed by atoms with van der Waals surface area (Å²) < 4.78 is 0.677. The van der Waals surface area contributed by atoms with Gasteiger partial charge in [-0.05, 0) is 18.3 Å². The number of carboxylic acid groups (broad SMARTS) is 1. The van der Waals surface area contributed by atoms with Gasteiger partial charge in [0.15, 0.2) is 0 Å². The summed E-state index contributed by atoms with van der Waals surface area (Å²) in [6, 6.07) is 0. The van der Waals surface area contributed by atoms with Crippen molar-refractivity contribution in [1.82, 2.24) is 5.32 Å². The number of carboxylic acids is 1. The molecular weight excluding hydrogens is 286 g/mol. The highest BCUT2D eigenvalue weighted by molar-refractivity contribution is 9.11. The van der Waals surface area contributed by atoms with Crippen molar-refractivity contribution in [3.8, 4) is 0 Å². The molecule has 0 aromatic heterocycles. The number of rotatable bonds is 4. The second-order valence-corrected chi connectivity index (χ2v) is 5.69. The minimum atomic E-state index is -0.875. The third-order valence-electron chi connectivity index (χ3n) is 3.50. The normalized spacial score (nSPS) is 33.7. The minimum absolute atomic E-state index is 0.0143. The smallest absolute Gasteiger partial charge is 0.307 e. The number of carbonyl (C=O) groups is 2. The Hall–Kier alpha value is -1.10. The van der Waals surface area contributed by atoms with E-state index < -0.39 is 17.8 Å². The molecule has 2 aliphatic carbocycles. The maximum absolute atomic E-state index is 12.0. The van der Waals surface area contributed by atoms with Crippen molar-refractivity contribution in [2.24, 2.45) is 23.7 Å². The fourth-order valence-corrected chi connectivity index (χ4v) is 2.96. The Balaban J connectivity index is 2.08. The molecule has 1 fully saturated rings. The molecule has 17 heavy (non-hydrogen) atoms. The maximum Gasteiger partial charge on any atom is 0.307 e. The first-order valence-electron chi connectivity index (χ1n) is 5.53. The molecule has 0 aliphatic heterocycles. The second kappa shape index (κ2) is 4.64. The molecule has 1 amide bonds. The SMILES string of the molecule is C=C(Br)CNC(=O)[C@H]1C2C=CC(C2)[C@H]1C(=O)O. The Morgan fingerprint density at radius 1 is 1.35 bits per heavy atom. The van der Waals surface area contributed by atoms with E-state index in [1.807, 2.05) is 12.2 Å². The van der Waals surface area contributed by atoms with Crippen LogP contribution in [0.3, 0.4) is 0 Å². The quantitative estimate of drug-likeness (QED) is 0.774. The number of allylic oxidation sites excluding steroid dienone is 2. The molecule has 5 heteroatoms. The first-order valence-corrected chi connectivity index (χ1v) is 6.32. The highest BCUT2D eigenvalue weighted by atomic mass is 79.9. The lowest BCUT2D eigenvalue weighted by Gasteiger charge is -2.23. The minimum Gasteiger partial charge on any atom is -0.481 e. The zero-order valence-electron chi connectivity index (χ0n) is 9.23. The van der Waals surface area contributed by atoms with Crippen molar-refractivity contribution < 1.29 is 14.7 Å². The Kier molecular flexibility index (Phi) is 3.38.